The summed E-state index contributed by atoms with van der Waals surface area (Å²) in [6.45, 7) is 6.20. The molecule has 1 aromatic carbocycles. The highest BCUT2D eigenvalue weighted by atomic mass is 16.2. The molecule has 0 saturated carbocycles. The van der Waals surface area contributed by atoms with Gasteiger partial charge >= 0.3 is 0 Å². The number of benzene rings is 1. The lowest BCUT2D eigenvalue weighted by Crippen LogP contribution is -2.47. The highest BCUT2D eigenvalue weighted by Crippen LogP contribution is 2.29. The Bertz CT molecular complexity index is 839. The molecule has 0 radical (unpaired) electrons. The summed E-state index contributed by atoms with van der Waals surface area (Å²) in [5.74, 6) is 1.97. The summed E-state index contributed by atoms with van der Waals surface area (Å²) in [7, 11) is 0. The van der Waals surface area contributed by atoms with Crippen LogP contribution in [0.2, 0.25) is 0 Å². The lowest BCUT2D eigenvalue weighted by atomic mass is 9.94. The molecule has 1 fully saturated rings. The van der Waals surface area contributed by atoms with E-state index in [2.05, 4.69) is 21.7 Å². The molecule has 0 aliphatic carbocycles. The molecule has 0 unspecified atom stereocenters. The first kappa shape index (κ1) is 17.7. The van der Waals surface area contributed by atoms with E-state index in [-0.39, 0.29) is 23.8 Å². The number of fused-ring (bicyclic) bond motifs is 1. The zero-order chi connectivity index (χ0) is 19.0. The van der Waals surface area contributed by atoms with Crippen LogP contribution in [0.15, 0.2) is 30.3 Å². The van der Waals surface area contributed by atoms with Crippen molar-refractivity contribution in [2.24, 2.45) is 5.92 Å². The normalized spacial score (nSPS) is 20.4. The topological polar surface area (TPSA) is 71.3 Å². The Hall–Kier alpha value is -2.70. The van der Waals surface area contributed by atoms with E-state index in [9.17, 15) is 9.59 Å². The molecule has 0 spiro atoms. The number of hydrogen-bond acceptors (Lipinski definition) is 4. The molecule has 2 aromatic rings. The molecule has 0 N–H and O–H groups in total. The predicted molar refractivity (Wildman–Crippen MR) is 101 cm³/mol. The minimum absolute atomic E-state index is 0.00383. The molecular formula is C20H25N5O2. The van der Waals surface area contributed by atoms with Crippen LogP contribution in [0.1, 0.15) is 38.6 Å². The number of nitrogens with zero attached hydrogens (tertiary/aromatic N) is 5. The highest BCUT2D eigenvalue weighted by Gasteiger charge is 2.34. The molecule has 3 heterocycles. The van der Waals surface area contributed by atoms with Gasteiger partial charge < -0.3 is 14.4 Å². The van der Waals surface area contributed by atoms with E-state index in [0.29, 0.717) is 26.2 Å². The molecule has 142 valence electrons. The van der Waals surface area contributed by atoms with E-state index in [1.54, 1.807) is 6.92 Å². The van der Waals surface area contributed by atoms with Gasteiger partial charge in [-0.3, -0.25) is 9.59 Å². The first-order valence-corrected chi connectivity index (χ1v) is 9.58. The Balaban J connectivity index is 1.49. The minimum atomic E-state index is -0.00383. The highest BCUT2D eigenvalue weighted by molar-refractivity contribution is 5.80. The van der Waals surface area contributed by atoms with Crippen LogP contribution >= 0.6 is 0 Å². The van der Waals surface area contributed by atoms with Crippen LogP contribution in [0.3, 0.4) is 0 Å². The summed E-state index contributed by atoms with van der Waals surface area (Å²) in [6, 6.07) is 10.2. The van der Waals surface area contributed by atoms with Gasteiger partial charge in [0.05, 0.1) is 12.6 Å². The number of amides is 2. The molecule has 7 nitrogen and oxygen atoms in total. The minimum Gasteiger partial charge on any atom is -0.343 e. The van der Waals surface area contributed by atoms with Crippen molar-refractivity contribution in [3.63, 3.8) is 0 Å². The average molecular weight is 367 g/mol. The van der Waals surface area contributed by atoms with Gasteiger partial charge in [0.25, 0.3) is 0 Å². The zero-order valence-corrected chi connectivity index (χ0v) is 15.8. The van der Waals surface area contributed by atoms with Crippen molar-refractivity contribution in [3.05, 3.63) is 36.2 Å². The molecule has 2 aliphatic rings. The summed E-state index contributed by atoms with van der Waals surface area (Å²) in [4.78, 5) is 28.3. The number of aromatic nitrogens is 3. The zero-order valence-electron chi connectivity index (χ0n) is 15.8. The van der Waals surface area contributed by atoms with Gasteiger partial charge in [-0.25, -0.2) is 0 Å². The van der Waals surface area contributed by atoms with Crippen molar-refractivity contribution in [1.82, 2.24) is 24.6 Å². The number of rotatable bonds is 2. The van der Waals surface area contributed by atoms with Crippen molar-refractivity contribution in [2.45, 2.75) is 39.3 Å². The summed E-state index contributed by atoms with van der Waals surface area (Å²) in [6.07, 6.45) is 1.48. The maximum absolute atomic E-state index is 13.0. The van der Waals surface area contributed by atoms with Crippen molar-refractivity contribution in [2.75, 3.05) is 19.6 Å². The first-order chi connectivity index (χ1) is 13.0. The third-order valence-corrected chi connectivity index (χ3v) is 5.66. The third kappa shape index (κ3) is 3.34. The van der Waals surface area contributed by atoms with Crippen LogP contribution in [0.5, 0.6) is 0 Å². The number of piperidine rings is 1. The van der Waals surface area contributed by atoms with Crippen LogP contribution in [-0.4, -0.2) is 56.0 Å². The van der Waals surface area contributed by atoms with Gasteiger partial charge in [0.1, 0.15) is 0 Å². The first-order valence-electron chi connectivity index (χ1n) is 9.58. The van der Waals surface area contributed by atoms with Crippen molar-refractivity contribution in [1.29, 1.82) is 0 Å². The van der Waals surface area contributed by atoms with E-state index in [0.717, 1.165) is 30.1 Å². The fourth-order valence-electron chi connectivity index (χ4n) is 4.18. The lowest BCUT2D eigenvalue weighted by molar-refractivity contribution is -0.141. The van der Waals surface area contributed by atoms with Gasteiger partial charge in [-0.05, 0) is 19.8 Å². The Morgan fingerprint density at radius 1 is 1.04 bits per heavy atom. The van der Waals surface area contributed by atoms with Gasteiger partial charge in [0.15, 0.2) is 11.6 Å². The Morgan fingerprint density at radius 3 is 2.41 bits per heavy atom. The van der Waals surface area contributed by atoms with E-state index in [1.807, 2.05) is 40.1 Å². The third-order valence-electron chi connectivity index (χ3n) is 5.66. The molecule has 7 heteroatoms. The SMILES string of the molecule is CC(=O)N1CCC(C(=O)N2Cc3nnc(-c4ccccc4)n3[C@@H](C)C2)CC1. The van der Waals surface area contributed by atoms with Crippen LogP contribution in [0.25, 0.3) is 11.4 Å². The fraction of sp³-hybridized carbons (Fsp3) is 0.500. The number of likely N-dealkylation sites (tertiary alicyclic amines) is 1. The molecule has 1 atom stereocenters. The molecular weight excluding hydrogens is 342 g/mol. The molecule has 1 saturated heterocycles. The molecule has 0 bridgehead atoms. The van der Waals surface area contributed by atoms with Crippen molar-refractivity contribution in [3.8, 4) is 11.4 Å². The summed E-state index contributed by atoms with van der Waals surface area (Å²) in [5, 5.41) is 8.75. The maximum Gasteiger partial charge on any atom is 0.226 e. The van der Waals surface area contributed by atoms with Gasteiger partial charge in [0, 0.05) is 38.0 Å². The quantitative estimate of drug-likeness (QED) is 0.815. The molecule has 1 aromatic heterocycles. The fourth-order valence-corrected chi connectivity index (χ4v) is 4.18. The van der Waals surface area contributed by atoms with Crippen LogP contribution in [0.4, 0.5) is 0 Å². The Morgan fingerprint density at radius 2 is 1.74 bits per heavy atom. The van der Waals surface area contributed by atoms with Gasteiger partial charge in [-0.2, -0.15) is 0 Å². The van der Waals surface area contributed by atoms with Crippen LogP contribution in [0, 0.1) is 5.92 Å². The average Bonchev–Trinajstić information content (AvgIpc) is 3.13. The van der Waals surface area contributed by atoms with Crippen molar-refractivity contribution < 1.29 is 9.59 Å². The van der Waals surface area contributed by atoms with E-state index in [1.165, 1.54) is 0 Å². The number of carbonyl (C=O) groups excluding carboxylic acids is 2. The second kappa shape index (κ2) is 7.13. The Labute approximate surface area is 159 Å². The molecule has 4 rings (SSSR count). The standard InChI is InChI=1S/C20H25N5O2/c1-14-12-24(20(27)17-8-10-23(11-9-17)15(2)26)13-18-21-22-19(25(14)18)16-6-4-3-5-7-16/h3-7,14,17H,8-13H2,1-2H3/t14-/m0/s1. The molecule has 2 amide bonds. The second-order valence-corrected chi connectivity index (χ2v) is 7.52. The largest absolute Gasteiger partial charge is 0.343 e. The van der Waals surface area contributed by atoms with Gasteiger partial charge in [0.2, 0.25) is 11.8 Å². The summed E-state index contributed by atoms with van der Waals surface area (Å²) in [5.41, 5.74) is 1.04. The monoisotopic (exact) mass is 367 g/mol. The Kier molecular flexibility index (Phi) is 4.68. The predicted octanol–water partition coefficient (Wildman–Crippen LogP) is 2.11. The smallest absolute Gasteiger partial charge is 0.226 e. The second-order valence-electron chi connectivity index (χ2n) is 7.52. The van der Waals surface area contributed by atoms with E-state index in [4.69, 9.17) is 0 Å². The number of carbonyl (C=O) groups is 2. The maximum atomic E-state index is 13.0. The van der Waals surface area contributed by atoms with Crippen LogP contribution < -0.4 is 0 Å². The van der Waals surface area contributed by atoms with E-state index < -0.39 is 0 Å². The lowest BCUT2D eigenvalue weighted by Gasteiger charge is -2.37. The molecule has 27 heavy (non-hydrogen) atoms. The molecule has 2 aliphatic heterocycles. The van der Waals surface area contributed by atoms with Crippen molar-refractivity contribution >= 4 is 11.8 Å². The van der Waals surface area contributed by atoms with Gasteiger partial charge in [-0.15, -0.1) is 10.2 Å². The van der Waals surface area contributed by atoms with Gasteiger partial charge in [-0.1, -0.05) is 30.3 Å². The summed E-state index contributed by atoms with van der Waals surface area (Å²) < 4.78 is 2.15. The van der Waals surface area contributed by atoms with Crippen LogP contribution in [-0.2, 0) is 16.1 Å². The summed E-state index contributed by atoms with van der Waals surface area (Å²) >= 11 is 0. The number of hydrogen-bond donors (Lipinski definition) is 0. The van der Waals surface area contributed by atoms with E-state index >= 15 is 0 Å².